The fraction of sp³-hybridized carbons (Fsp3) is 0.571. The van der Waals surface area contributed by atoms with E-state index in [4.69, 9.17) is 20.4 Å². The number of oxime groups is 1. The Morgan fingerprint density at radius 1 is 1.50 bits per heavy atom. The van der Waals surface area contributed by atoms with Gasteiger partial charge in [-0.15, -0.1) is 0 Å². The molecule has 6 heteroatoms. The Kier molecular flexibility index (Phi) is 5.31. The van der Waals surface area contributed by atoms with Gasteiger partial charge in [0, 0.05) is 18.9 Å². The fourth-order valence-corrected chi connectivity index (χ4v) is 2.51. The normalized spacial score (nSPS) is 23.8. The third-order valence-electron chi connectivity index (χ3n) is 3.63. The average Bonchev–Trinajstić information content (AvgIpc) is 2.52. The Balaban J connectivity index is 1.97. The number of hydrogen-bond acceptors (Lipinski definition) is 5. The van der Waals surface area contributed by atoms with Crippen molar-refractivity contribution >= 4 is 5.84 Å². The van der Waals surface area contributed by atoms with E-state index in [0.717, 1.165) is 31.2 Å². The summed E-state index contributed by atoms with van der Waals surface area (Å²) < 4.78 is 11.3. The maximum absolute atomic E-state index is 8.76. The second-order valence-electron chi connectivity index (χ2n) is 4.95. The van der Waals surface area contributed by atoms with Gasteiger partial charge in [0.05, 0.1) is 18.8 Å². The Morgan fingerprint density at radius 3 is 3.05 bits per heavy atom. The van der Waals surface area contributed by atoms with E-state index in [2.05, 4.69) is 10.1 Å². The van der Waals surface area contributed by atoms with E-state index in [-0.39, 0.29) is 18.0 Å². The third-order valence-corrected chi connectivity index (χ3v) is 3.63. The molecule has 1 aromatic heterocycles. The Bertz CT molecular complexity index is 465. The summed E-state index contributed by atoms with van der Waals surface area (Å²) in [6.45, 7) is 0.403. The van der Waals surface area contributed by atoms with Crippen molar-refractivity contribution in [3.05, 3.63) is 29.6 Å². The Morgan fingerprint density at radius 2 is 2.30 bits per heavy atom. The average molecular weight is 279 g/mol. The number of ether oxygens (including phenoxy) is 2. The van der Waals surface area contributed by atoms with Crippen LogP contribution in [0.15, 0.2) is 23.5 Å². The zero-order chi connectivity index (χ0) is 14.4. The van der Waals surface area contributed by atoms with Crippen molar-refractivity contribution in [1.82, 2.24) is 4.98 Å². The zero-order valence-corrected chi connectivity index (χ0v) is 11.7. The summed E-state index contributed by atoms with van der Waals surface area (Å²) in [4.78, 5) is 4.12. The number of methoxy groups -OCH3 is 1. The molecule has 0 amide bonds. The van der Waals surface area contributed by atoms with Crippen LogP contribution in [-0.2, 0) is 16.1 Å². The van der Waals surface area contributed by atoms with Crippen LogP contribution in [0.2, 0.25) is 0 Å². The number of nitrogens with two attached hydrogens (primary N) is 1. The zero-order valence-electron chi connectivity index (χ0n) is 11.7. The number of rotatable bonds is 5. The largest absolute Gasteiger partial charge is 0.409 e. The predicted octanol–water partition coefficient (Wildman–Crippen LogP) is 1.65. The molecule has 2 rings (SSSR count). The highest BCUT2D eigenvalue weighted by Gasteiger charge is 2.22. The van der Waals surface area contributed by atoms with Crippen LogP contribution in [-0.4, -0.2) is 35.3 Å². The standard InChI is InChI=1S/C14H21N3O3/c1-19-11-5-2-6-12(8-11)20-9-10-4-3-7-16-13(10)14(15)17-18/h3-4,7,11-12,18H,2,5-6,8-9H2,1H3,(H2,15,17). The molecule has 0 aromatic carbocycles. The molecule has 1 heterocycles. The minimum atomic E-state index is 0.00242. The number of nitrogens with zero attached hydrogens (tertiary/aromatic N) is 2. The first-order valence-corrected chi connectivity index (χ1v) is 6.80. The first kappa shape index (κ1) is 14.7. The van der Waals surface area contributed by atoms with Crippen LogP contribution in [0.25, 0.3) is 0 Å². The maximum Gasteiger partial charge on any atom is 0.189 e. The van der Waals surface area contributed by atoms with E-state index in [9.17, 15) is 0 Å². The van der Waals surface area contributed by atoms with Gasteiger partial charge in [0.2, 0.25) is 0 Å². The van der Waals surface area contributed by atoms with Gasteiger partial charge in [0.15, 0.2) is 5.84 Å². The Labute approximate surface area is 118 Å². The molecule has 2 atom stereocenters. The molecule has 1 aliphatic rings. The van der Waals surface area contributed by atoms with Gasteiger partial charge in [-0.05, 0) is 31.7 Å². The smallest absolute Gasteiger partial charge is 0.189 e. The summed E-state index contributed by atoms with van der Waals surface area (Å²) in [6, 6.07) is 3.68. The lowest BCUT2D eigenvalue weighted by molar-refractivity contribution is -0.0364. The lowest BCUT2D eigenvalue weighted by atomic mass is 9.95. The van der Waals surface area contributed by atoms with Crippen LogP contribution >= 0.6 is 0 Å². The summed E-state index contributed by atoms with van der Waals surface area (Å²) in [7, 11) is 1.74. The number of hydrogen-bond donors (Lipinski definition) is 2. The summed E-state index contributed by atoms with van der Waals surface area (Å²) in [5, 5.41) is 11.8. The molecular weight excluding hydrogens is 258 g/mol. The highest BCUT2D eigenvalue weighted by atomic mass is 16.5. The summed E-state index contributed by atoms with van der Waals surface area (Å²) >= 11 is 0. The summed E-state index contributed by atoms with van der Waals surface area (Å²) in [5.41, 5.74) is 6.90. The minimum Gasteiger partial charge on any atom is -0.409 e. The van der Waals surface area contributed by atoms with Crippen molar-refractivity contribution in [2.45, 2.75) is 44.5 Å². The van der Waals surface area contributed by atoms with Crippen LogP contribution in [0.1, 0.15) is 36.9 Å². The predicted molar refractivity (Wildman–Crippen MR) is 74.6 cm³/mol. The topological polar surface area (TPSA) is 90.0 Å². The van der Waals surface area contributed by atoms with Crippen LogP contribution in [0.4, 0.5) is 0 Å². The molecule has 20 heavy (non-hydrogen) atoms. The van der Waals surface area contributed by atoms with Gasteiger partial charge in [0.1, 0.15) is 5.69 Å². The van der Waals surface area contributed by atoms with E-state index in [1.165, 1.54) is 0 Å². The molecule has 0 saturated heterocycles. The molecule has 0 bridgehead atoms. The molecule has 1 aromatic rings. The SMILES string of the molecule is COC1CCCC(OCc2cccnc2C(N)=NO)C1. The number of pyridine rings is 1. The summed E-state index contributed by atoms with van der Waals surface area (Å²) in [6.07, 6.45) is 6.25. The second-order valence-corrected chi connectivity index (χ2v) is 4.95. The molecule has 110 valence electrons. The monoisotopic (exact) mass is 279 g/mol. The van der Waals surface area contributed by atoms with Gasteiger partial charge >= 0.3 is 0 Å². The van der Waals surface area contributed by atoms with Crippen molar-refractivity contribution < 1.29 is 14.7 Å². The van der Waals surface area contributed by atoms with Gasteiger partial charge in [0.25, 0.3) is 0 Å². The third kappa shape index (κ3) is 3.68. The van der Waals surface area contributed by atoms with Crippen molar-refractivity contribution in [3.63, 3.8) is 0 Å². The van der Waals surface area contributed by atoms with E-state index in [0.29, 0.717) is 12.3 Å². The molecule has 0 aliphatic heterocycles. The van der Waals surface area contributed by atoms with Crippen LogP contribution in [0, 0.1) is 0 Å². The van der Waals surface area contributed by atoms with Crippen molar-refractivity contribution in [2.75, 3.05) is 7.11 Å². The van der Waals surface area contributed by atoms with Crippen molar-refractivity contribution in [2.24, 2.45) is 10.9 Å². The summed E-state index contributed by atoms with van der Waals surface area (Å²) in [5.74, 6) is 0.00242. The molecular formula is C14H21N3O3. The van der Waals surface area contributed by atoms with Gasteiger partial charge < -0.3 is 20.4 Å². The highest BCUT2D eigenvalue weighted by Crippen LogP contribution is 2.24. The molecule has 1 fully saturated rings. The van der Waals surface area contributed by atoms with E-state index in [1.807, 2.05) is 12.1 Å². The lowest BCUT2D eigenvalue weighted by Gasteiger charge is -2.28. The van der Waals surface area contributed by atoms with E-state index in [1.54, 1.807) is 13.3 Å². The first-order valence-electron chi connectivity index (χ1n) is 6.80. The van der Waals surface area contributed by atoms with E-state index >= 15 is 0 Å². The molecule has 1 aliphatic carbocycles. The van der Waals surface area contributed by atoms with Gasteiger partial charge in [-0.2, -0.15) is 0 Å². The molecule has 1 saturated carbocycles. The number of amidine groups is 1. The fourth-order valence-electron chi connectivity index (χ4n) is 2.51. The van der Waals surface area contributed by atoms with Gasteiger partial charge in [-0.3, -0.25) is 4.98 Å². The Hall–Kier alpha value is -1.66. The van der Waals surface area contributed by atoms with Crippen molar-refractivity contribution in [3.8, 4) is 0 Å². The van der Waals surface area contributed by atoms with Crippen molar-refractivity contribution in [1.29, 1.82) is 0 Å². The maximum atomic E-state index is 8.76. The number of aromatic nitrogens is 1. The minimum absolute atomic E-state index is 0.00242. The van der Waals surface area contributed by atoms with E-state index < -0.39 is 0 Å². The van der Waals surface area contributed by atoms with Crippen LogP contribution in [0.5, 0.6) is 0 Å². The van der Waals surface area contributed by atoms with Crippen LogP contribution < -0.4 is 5.73 Å². The lowest BCUT2D eigenvalue weighted by Crippen LogP contribution is -2.27. The van der Waals surface area contributed by atoms with Crippen LogP contribution in [0.3, 0.4) is 0 Å². The molecule has 6 nitrogen and oxygen atoms in total. The molecule has 0 radical (unpaired) electrons. The second kappa shape index (κ2) is 7.21. The molecule has 2 unspecified atom stereocenters. The molecule has 0 spiro atoms. The first-order chi connectivity index (χ1) is 9.74. The quantitative estimate of drug-likeness (QED) is 0.370. The van der Waals surface area contributed by atoms with Gasteiger partial charge in [-0.1, -0.05) is 11.2 Å². The van der Waals surface area contributed by atoms with Gasteiger partial charge in [-0.25, -0.2) is 0 Å². The highest BCUT2D eigenvalue weighted by molar-refractivity contribution is 5.96. The molecule has 3 N–H and O–H groups in total.